The third-order valence-electron chi connectivity index (χ3n) is 1.57. The largest absolute Gasteiger partial charge is 0.477 e. The van der Waals surface area contributed by atoms with E-state index in [1.165, 1.54) is 10.7 Å². The van der Waals surface area contributed by atoms with Crippen molar-refractivity contribution in [2.45, 2.75) is 0 Å². The molecule has 6 heteroatoms. The maximum absolute atomic E-state index is 10.7. The van der Waals surface area contributed by atoms with Crippen LogP contribution in [0.15, 0.2) is 18.5 Å². The predicted molar refractivity (Wildman–Crippen MR) is 45.0 cm³/mol. The van der Waals surface area contributed by atoms with Crippen LogP contribution >= 0.6 is 11.6 Å². The van der Waals surface area contributed by atoms with Gasteiger partial charge in [0.1, 0.15) is 5.56 Å². The molecule has 13 heavy (non-hydrogen) atoms. The summed E-state index contributed by atoms with van der Waals surface area (Å²) in [5.41, 5.74) is 0.183. The minimum absolute atomic E-state index is 0.0498. The van der Waals surface area contributed by atoms with E-state index in [1.54, 1.807) is 12.3 Å². The Kier molecular flexibility index (Phi) is 1.66. The molecule has 1 N–H and O–H groups in total. The lowest BCUT2D eigenvalue weighted by molar-refractivity contribution is 0.0699. The molecular formula is C7H4ClN3O2. The first-order valence-electron chi connectivity index (χ1n) is 3.42. The zero-order valence-corrected chi connectivity index (χ0v) is 7.06. The van der Waals surface area contributed by atoms with E-state index < -0.39 is 5.97 Å². The molecule has 0 saturated heterocycles. The van der Waals surface area contributed by atoms with Gasteiger partial charge in [-0.2, -0.15) is 5.10 Å². The molecule has 0 fully saturated rings. The summed E-state index contributed by atoms with van der Waals surface area (Å²) in [7, 11) is 0. The number of aromatic nitrogens is 3. The third-order valence-corrected chi connectivity index (χ3v) is 1.83. The molecule has 0 saturated carbocycles. The van der Waals surface area contributed by atoms with E-state index in [0.717, 1.165) is 0 Å². The number of carbonyl (C=O) groups is 1. The lowest BCUT2D eigenvalue weighted by atomic mass is 10.3. The van der Waals surface area contributed by atoms with Gasteiger partial charge in [0.15, 0.2) is 10.8 Å². The summed E-state index contributed by atoms with van der Waals surface area (Å²) in [6, 6.07) is 1.64. The van der Waals surface area contributed by atoms with Crippen LogP contribution in [0, 0.1) is 0 Å². The number of carboxylic acids is 1. The molecular weight excluding hydrogens is 194 g/mol. The number of hydrogen-bond acceptors (Lipinski definition) is 3. The van der Waals surface area contributed by atoms with Crippen molar-refractivity contribution in [3.63, 3.8) is 0 Å². The molecule has 0 bridgehead atoms. The SMILES string of the molecule is O=C(O)c1c(Cl)nn2cccnc12. The smallest absolute Gasteiger partial charge is 0.342 e. The molecule has 0 atom stereocenters. The third kappa shape index (κ3) is 1.13. The number of nitrogens with zero attached hydrogens (tertiary/aromatic N) is 3. The van der Waals surface area contributed by atoms with Crippen LogP contribution in [-0.2, 0) is 0 Å². The van der Waals surface area contributed by atoms with Gasteiger partial charge in [-0.25, -0.2) is 14.3 Å². The molecule has 2 heterocycles. The Balaban J connectivity index is 2.86. The number of fused-ring (bicyclic) bond motifs is 1. The number of carboxylic acid groups (broad SMARTS) is 1. The Bertz CT molecular complexity index is 480. The van der Waals surface area contributed by atoms with Crippen molar-refractivity contribution in [1.29, 1.82) is 0 Å². The number of aromatic carboxylic acids is 1. The minimum Gasteiger partial charge on any atom is -0.477 e. The topological polar surface area (TPSA) is 67.5 Å². The molecule has 5 nitrogen and oxygen atoms in total. The Morgan fingerprint density at radius 1 is 1.62 bits per heavy atom. The highest BCUT2D eigenvalue weighted by Crippen LogP contribution is 2.17. The maximum Gasteiger partial charge on any atom is 0.342 e. The molecule has 0 aromatic carbocycles. The number of halogens is 1. The van der Waals surface area contributed by atoms with Crippen molar-refractivity contribution >= 4 is 23.2 Å². The van der Waals surface area contributed by atoms with Gasteiger partial charge in [0, 0.05) is 12.4 Å². The van der Waals surface area contributed by atoms with Gasteiger partial charge in [-0.1, -0.05) is 11.6 Å². The summed E-state index contributed by atoms with van der Waals surface area (Å²) >= 11 is 5.61. The van der Waals surface area contributed by atoms with E-state index in [9.17, 15) is 4.79 Å². The molecule has 0 amide bonds. The molecule has 2 aromatic heterocycles. The Labute approximate surface area is 77.6 Å². The van der Waals surface area contributed by atoms with E-state index in [4.69, 9.17) is 16.7 Å². The fourth-order valence-corrected chi connectivity index (χ4v) is 1.29. The Morgan fingerprint density at radius 2 is 2.38 bits per heavy atom. The molecule has 0 radical (unpaired) electrons. The molecule has 66 valence electrons. The highest BCUT2D eigenvalue weighted by molar-refractivity contribution is 6.33. The fourth-order valence-electron chi connectivity index (χ4n) is 1.04. The van der Waals surface area contributed by atoms with Gasteiger partial charge in [-0.3, -0.25) is 0 Å². The predicted octanol–water partition coefficient (Wildman–Crippen LogP) is 1.08. The van der Waals surface area contributed by atoms with Crippen LogP contribution in [-0.4, -0.2) is 25.7 Å². The lowest BCUT2D eigenvalue weighted by Crippen LogP contribution is -1.97. The van der Waals surface area contributed by atoms with Gasteiger partial charge in [-0.15, -0.1) is 0 Å². The zero-order chi connectivity index (χ0) is 9.42. The fraction of sp³-hybridized carbons (Fsp3) is 0. The zero-order valence-electron chi connectivity index (χ0n) is 6.31. The normalized spacial score (nSPS) is 10.5. The van der Waals surface area contributed by atoms with Crippen LogP contribution in [0.5, 0.6) is 0 Å². The van der Waals surface area contributed by atoms with Crippen LogP contribution < -0.4 is 0 Å². The van der Waals surface area contributed by atoms with Crippen LogP contribution in [0.1, 0.15) is 10.4 Å². The number of rotatable bonds is 1. The highest BCUT2D eigenvalue weighted by Gasteiger charge is 2.17. The molecule has 0 unspecified atom stereocenters. The number of hydrogen-bond donors (Lipinski definition) is 1. The average Bonchev–Trinajstić information content (AvgIpc) is 2.39. The average molecular weight is 198 g/mol. The van der Waals surface area contributed by atoms with E-state index >= 15 is 0 Å². The van der Waals surface area contributed by atoms with Gasteiger partial charge in [0.2, 0.25) is 0 Å². The molecule has 0 spiro atoms. The van der Waals surface area contributed by atoms with Crippen LogP contribution in [0.3, 0.4) is 0 Å². The first-order chi connectivity index (χ1) is 6.20. The summed E-state index contributed by atoms with van der Waals surface area (Å²) in [6.45, 7) is 0. The van der Waals surface area contributed by atoms with Gasteiger partial charge in [0.25, 0.3) is 0 Å². The van der Waals surface area contributed by atoms with Crippen molar-refractivity contribution in [3.05, 3.63) is 29.2 Å². The summed E-state index contributed by atoms with van der Waals surface area (Å²) < 4.78 is 1.33. The standard InChI is InChI=1S/C7H4ClN3O2/c8-5-4(7(12)13)6-9-2-1-3-11(6)10-5/h1-3H,(H,12,13). The highest BCUT2D eigenvalue weighted by atomic mass is 35.5. The van der Waals surface area contributed by atoms with Crippen molar-refractivity contribution < 1.29 is 9.90 Å². The van der Waals surface area contributed by atoms with Crippen molar-refractivity contribution in [2.24, 2.45) is 0 Å². The summed E-state index contributed by atoms with van der Waals surface area (Å²) in [5, 5.41) is 12.5. The van der Waals surface area contributed by atoms with Crippen molar-refractivity contribution in [3.8, 4) is 0 Å². The minimum atomic E-state index is -1.13. The molecule has 0 aliphatic carbocycles. The van der Waals surface area contributed by atoms with Gasteiger partial charge < -0.3 is 5.11 Å². The Hall–Kier alpha value is -1.62. The first-order valence-corrected chi connectivity index (χ1v) is 3.80. The van der Waals surface area contributed by atoms with E-state index in [0.29, 0.717) is 0 Å². The maximum atomic E-state index is 10.7. The van der Waals surface area contributed by atoms with Gasteiger partial charge in [0.05, 0.1) is 0 Å². The second-order valence-corrected chi connectivity index (χ2v) is 2.72. The molecule has 0 aliphatic rings. The summed E-state index contributed by atoms with van der Waals surface area (Å²) in [4.78, 5) is 14.6. The van der Waals surface area contributed by atoms with Crippen molar-refractivity contribution in [1.82, 2.24) is 14.6 Å². The van der Waals surface area contributed by atoms with Gasteiger partial charge >= 0.3 is 5.97 Å². The lowest BCUT2D eigenvalue weighted by Gasteiger charge is -1.90. The van der Waals surface area contributed by atoms with E-state index in [-0.39, 0.29) is 16.4 Å². The van der Waals surface area contributed by atoms with Gasteiger partial charge in [-0.05, 0) is 6.07 Å². The van der Waals surface area contributed by atoms with Crippen LogP contribution in [0.2, 0.25) is 5.15 Å². The van der Waals surface area contributed by atoms with Crippen molar-refractivity contribution in [2.75, 3.05) is 0 Å². The monoisotopic (exact) mass is 197 g/mol. The molecule has 2 rings (SSSR count). The summed E-state index contributed by atoms with van der Waals surface area (Å²) in [5.74, 6) is -1.13. The second-order valence-electron chi connectivity index (χ2n) is 2.36. The second kappa shape index (κ2) is 2.70. The Morgan fingerprint density at radius 3 is 3.08 bits per heavy atom. The molecule has 0 aliphatic heterocycles. The van der Waals surface area contributed by atoms with E-state index in [1.807, 2.05) is 0 Å². The quantitative estimate of drug-likeness (QED) is 0.743. The van der Waals surface area contributed by atoms with Crippen LogP contribution in [0.4, 0.5) is 0 Å². The van der Waals surface area contributed by atoms with Crippen LogP contribution in [0.25, 0.3) is 5.65 Å². The van der Waals surface area contributed by atoms with E-state index in [2.05, 4.69) is 10.1 Å². The first kappa shape index (κ1) is 8.00. The summed E-state index contributed by atoms with van der Waals surface area (Å²) in [6.07, 6.45) is 3.07. The molecule has 2 aromatic rings.